The lowest BCUT2D eigenvalue weighted by atomic mass is 9.87. The van der Waals surface area contributed by atoms with Crippen LogP contribution in [0.15, 0.2) is 23.1 Å². The second-order valence-electron chi connectivity index (χ2n) is 6.48. The first-order valence-corrected chi connectivity index (χ1v) is 9.29. The Bertz CT molecular complexity index is 617. The molecule has 2 aliphatic rings. The lowest BCUT2D eigenvalue weighted by molar-refractivity contribution is 0.226. The number of hydrogen-bond donors (Lipinski definition) is 1. The molecule has 0 bridgehead atoms. The maximum Gasteiger partial charge on any atom is 0.243 e. The van der Waals surface area contributed by atoms with Crippen molar-refractivity contribution < 1.29 is 8.42 Å². The van der Waals surface area contributed by atoms with Crippen LogP contribution in [0, 0.1) is 11.8 Å². The molecule has 2 aliphatic heterocycles. The van der Waals surface area contributed by atoms with Crippen molar-refractivity contribution in [3.05, 3.63) is 23.8 Å². The Morgan fingerprint density at radius 1 is 1.24 bits per heavy atom. The van der Waals surface area contributed by atoms with E-state index in [1.165, 1.54) is 5.56 Å². The van der Waals surface area contributed by atoms with Gasteiger partial charge < -0.3 is 5.32 Å². The predicted octanol–water partition coefficient (Wildman–Crippen LogP) is 2.71. The second kappa shape index (κ2) is 5.61. The molecule has 0 saturated carbocycles. The molecule has 5 heteroatoms. The lowest BCUT2D eigenvalue weighted by Gasteiger charge is -2.33. The Labute approximate surface area is 127 Å². The van der Waals surface area contributed by atoms with Gasteiger partial charge in [0.2, 0.25) is 10.0 Å². The molecule has 0 aromatic heterocycles. The molecule has 3 rings (SSSR count). The van der Waals surface area contributed by atoms with Gasteiger partial charge in [0.05, 0.1) is 4.90 Å². The van der Waals surface area contributed by atoms with E-state index in [0.29, 0.717) is 29.8 Å². The fourth-order valence-electron chi connectivity index (χ4n) is 3.36. The zero-order valence-electron chi connectivity index (χ0n) is 12.8. The van der Waals surface area contributed by atoms with Gasteiger partial charge in [-0.2, -0.15) is 4.31 Å². The average molecular weight is 308 g/mol. The molecule has 116 valence electrons. The van der Waals surface area contributed by atoms with Crippen LogP contribution in [0.3, 0.4) is 0 Å². The minimum Gasteiger partial charge on any atom is -0.384 e. The quantitative estimate of drug-likeness (QED) is 0.934. The third-order valence-electron chi connectivity index (χ3n) is 4.87. The van der Waals surface area contributed by atoms with E-state index < -0.39 is 10.0 Å². The van der Waals surface area contributed by atoms with Crippen molar-refractivity contribution >= 4 is 15.7 Å². The normalized spacial score (nSPS) is 20.5. The zero-order chi connectivity index (χ0) is 15.0. The van der Waals surface area contributed by atoms with Gasteiger partial charge in [0, 0.05) is 25.3 Å². The van der Waals surface area contributed by atoms with E-state index in [-0.39, 0.29) is 0 Å². The number of sulfonamides is 1. The number of benzene rings is 1. The molecule has 4 nitrogen and oxygen atoms in total. The molecule has 1 aromatic carbocycles. The van der Waals surface area contributed by atoms with Crippen molar-refractivity contribution in [2.75, 3.05) is 25.0 Å². The zero-order valence-corrected chi connectivity index (χ0v) is 13.6. The largest absolute Gasteiger partial charge is 0.384 e. The Hall–Kier alpha value is -1.07. The smallest absolute Gasteiger partial charge is 0.243 e. The maximum atomic E-state index is 12.8. The van der Waals surface area contributed by atoms with Gasteiger partial charge in [0.15, 0.2) is 0 Å². The Kier molecular flexibility index (Phi) is 3.97. The van der Waals surface area contributed by atoms with Gasteiger partial charge in [-0.15, -0.1) is 0 Å². The first-order chi connectivity index (χ1) is 9.98. The van der Waals surface area contributed by atoms with Crippen LogP contribution in [-0.2, 0) is 16.4 Å². The second-order valence-corrected chi connectivity index (χ2v) is 8.42. The summed E-state index contributed by atoms with van der Waals surface area (Å²) in [7, 11) is -3.34. The molecule has 1 aromatic rings. The molecule has 0 radical (unpaired) electrons. The highest BCUT2D eigenvalue weighted by molar-refractivity contribution is 7.89. The van der Waals surface area contributed by atoms with Crippen LogP contribution in [-0.4, -0.2) is 32.4 Å². The lowest BCUT2D eigenvalue weighted by Crippen LogP contribution is -2.39. The Balaban J connectivity index is 1.78. The average Bonchev–Trinajstić information content (AvgIpc) is 2.94. The van der Waals surface area contributed by atoms with Crippen LogP contribution in [0.25, 0.3) is 0 Å². The first kappa shape index (κ1) is 14.9. The van der Waals surface area contributed by atoms with Crippen molar-refractivity contribution in [3.63, 3.8) is 0 Å². The molecule has 0 atom stereocenters. The van der Waals surface area contributed by atoms with E-state index >= 15 is 0 Å². The number of nitrogens with zero attached hydrogens (tertiary/aromatic N) is 1. The van der Waals surface area contributed by atoms with E-state index in [1.54, 1.807) is 16.4 Å². The van der Waals surface area contributed by atoms with Gasteiger partial charge >= 0.3 is 0 Å². The monoisotopic (exact) mass is 308 g/mol. The van der Waals surface area contributed by atoms with Crippen molar-refractivity contribution in [2.24, 2.45) is 11.8 Å². The van der Waals surface area contributed by atoms with Crippen LogP contribution < -0.4 is 5.32 Å². The molecule has 1 fully saturated rings. The van der Waals surface area contributed by atoms with Crippen molar-refractivity contribution in [3.8, 4) is 0 Å². The van der Waals surface area contributed by atoms with Crippen molar-refractivity contribution in [1.29, 1.82) is 0 Å². The van der Waals surface area contributed by atoms with Crippen molar-refractivity contribution in [1.82, 2.24) is 4.31 Å². The number of nitrogens with one attached hydrogen (secondary N) is 1. The summed E-state index contributed by atoms with van der Waals surface area (Å²) in [6.07, 6.45) is 2.93. The number of piperidine rings is 1. The Morgan fingerprint density at radius 2 is 1.95 bits per heavy atom. The van der Waals surface area contributed by atoms with E-state index in [1.807, 2.05) is 6.07 Å². The van der Waals surface area contributed by atoms with Crippen molar-refractivity contribution in [2.45, 2.75) is 38.0 Å². The molecule has 1 saturated heterocycles. The molecule has 21 heavy (non-hydrogen) atoms. The molecule has 2 heterocycles. The molecule has 0 spiro atoms. The third-order valence-corrected chi connectivity index (χ3v) is 6.76. The van der Waals surface area contributed by atoms with Gasteiger partial charge in [0.1, 0.15) is 0 Å². The molecule has 0 aliphatic carbocycles. The Morgan fingerprint density at radius 3 is 2.62 bits per heavy atom. The first-order valence-electron chi connectivity index (χ1n) is 7.85. The number of hydrogen-bond acceptors (Lipinski definition) is 3. The maximum absolute atomic E-state index is 12.8. The molecular weight excluding hydrogens is 284 g/mol. The summed E-state index contributed by atoms with van der Waals surface area (Å²) in [6.45, 7) is 6.64. The molecule has 0 amide bonds. The van der Waals surface area contributed by atoms with E-state index in [9.17, 15) is 8.42 Å². The van der Waals surface area contributed by atoms with Gasteiger partial charge in [-0.25, -0.2) is 8.42 Å². The van der Waals surface area contributed by atoms with Crippen LogP contribution in [0.5, 0.6) is 0 Å². The van der Waals surface area contributed by atoms with E-state index in [4.69, 9.17) is 0 Å². The summed E-state index contributed by atoms with van der Waals surface area (Å²) < 4.78 is 27.2. The predicted molar refractivity (Wildman–Crippen MR) is 85.0 cm³/mol. The van der Waals surface area contributed by atoms with E-state index in [2.05, 4.69) is 19.2 Å². The number of fused-ring (bicyclic) bond motifs is 1. The summed E-state index contributed by atoms with van der Waals surface area (Å²) in [5.41, 5.74) is 2.20. The number of anilines is 1. The van der Waals surface area contributed by atoms with Crippen LogP contribution >= 0.6 is 0 Å². The van der Waals surface area contributed by atoms with Gasteiger partial charge in [-0.3, -0.25) is 0 Å². The summed E-state index contributed by atoms with van der Waals surface area (Å²) in [5.74, 6) is 1.29. The fourth-order valence-corrected chi connectivity index (χ4v) is 4.86. The summed E-state index contributed by atoms with van der Waals surface area (Å²) in [6, 6.07) is 5.50. The highest BCUT2D eigenvalue weighted by Gasteiger charge is 2.30. The highest BCUT2D eigenvalue weighted by atomic mass is 32.2. The minimum absolute atomic E-state index is 0.429. The summed E-state index contributed by atoms with van der Waals surface area (Å²) in [4.78, 5) is 0.429. The highest BCUT2D eigenvalue weighted by Crippen LogP contribution is 2.30. The summed E-state index contributed by atoms with van der Waals surface area (Å²) >= 11 is 0. The SMILES string of the molecule is CC(C)C1CCN(S(=O)(=O)c2ccc3c(c2)NCC3)CC1. The summed E-state index contributed by atoms with van der Waals surface area (Å²) in [5, 5.41) is 3.25. The molecular formula is C16H24N2O2S. The standard InChI is InChI=1S/C16H24N2O2S/c1-12(2)13-6-9-18(10-7-13)21(19,20)15-4-3-14-5-8-17-16(14)11-15/h3-4,11-13,17H,5-10H2,1-2H3. The number of rotatable bonds is 3. The third kappa shape index (κ3) is 2.81. The van der Waals surface area contributed by atoms with Gasteiger partial charge in [0.25, 0.3) is 0 Å². The molecule has 1 N–H and O–H groups in total. The van der Waals surface area contributed by atoms with E-state index in [0.717, 1.165) is 31.5 Å². The minimum atomic E-state index is -3.34. The topological polar surface area (TPSA) is 49.4 Å². The van der Waals surface area contributed by atoms with Gasteiger partial charge in [-0.05, 0) is 48.8 Å². The van der Waals surface area contributed by atoms with Crippen LogP contribution in [0.4, 0.5) is 5.69 Å². The van der Waals surface area contributed by atoms with Gasteiger partial charge in [-0.1, -0.05) is 19.9 Å². The fraction of sp³-hybridized carbons (Fsp3) is 0.625. The van der Waals surface area contributed by atoms with Crippen LogP contribution in [0.2, 0.25) is 0 Å². The van der Waals surface area contributed by atoms with Crippen LogP contribution in [0.1, 0.15) is 32.3 Å². The molecule has 0 unspecified atom stereocenters.